The van der Waals surface area contributed by atoms with Crippen LogP contribution in [0.2, 0.25) is 0 Å². The van der Waals surface area contributed by atoms with Crippen molar-refractivity contribution in [2.24, 2.45) is 45.9 Å². The van der Waals surface area contributed by atoms with Gasteiger partial charge in [-0.1, -0.05) is 26.8 Å². The van der Waals surface area contributed by atoms with Crippen LogP contribution in [0, 0.1) is 40.9 Å². The van der Waals surface area contributed by atoms with E-state index in [9.17, 15) is 0 Å². The minimum absolute atomic E-state index is 0.466. The van der Waals surface area contributed by atoms with E-state index in [-0.39, 0.29) is 0 Å². The summed E-state index contributed by atoms with van der Waals surface area (Å²) in [7, 11) is 0. The first-order valence-electron chi connectivity index (χ1n) is 8.59. The van der Waals surface area contributed by atoms with E-state index in [0.717, 1.165) is 35.6 Å². The number of allylic oxidation sites excluding steroid dienone is 1. The maximum atomic E-state index is 4.93. The van der Waals surface area contributed by atoms with Gasteiger partial charge in [0.25, 0.3) is 0 Å². The molecule has 0 aromatic rings. The molecule has 0 radical (unpaired) electrons. The molecule has 0 aromatic heterocycles. The van der Waals surface area contributed by atoms with E-state index in [1.807, 2.05) is 0 Å². The molecule has 20 heavy (non-hydrogen) atoms. The quantitative estimate of drug-likeness (QED) is 0.714. The third-order valence-corrected chi connectivity index (χ3v) is 7.54. The van der Waals surface area contributed by atoms with Gasteiger partial charge < -0.3 is 0 Å². The Balaban J connectivity index is 1.68. The summed E-state index contributed by atoms with van der Waals surface area (Å²) >= 11 is 0. The highest BCUT2D eigenvalue weighted by atomic mass is 15.3. The Bertz CT molecular complexity index is 508. The summed E-state index contributed by atoms with van der Waals surface area (Å²) in [5.74, 6) is 5.26. The molecule has 9 atom stereocenters. The van der Waals surface area contributed by atoms with E-state index in [1.54, 1.807) is 0 Å². The Morgan fingerprint density at radius 2 is 2.20 bits per heavy atom. The van der Waals surface area contributed by atoms with Crippen molar-refractivity contribution in [3.63, 3.8) is 0 Å². The van der Waals surface area contributed by atoms with Crippen LogP contribution in [0.1, 0.15) is 33.6 Å². The van der Waals surface area contributed by atoms with Crippen molar-refractivity contribution in [1.82, 2.24) is 4.90 Å². The summed E-state index contributed by atoms with van der Waals surface area (Å²) in [6.07, 6.45) is 10.2. The molecule has 1 spiro atoms. The first-order chi connectivity index (χ1) is 9.63. The molecule has 2 aliphatic carbocycles. The van der Waals surface area contributed by atoms with Crippen molar-refractivity contribution in [1.29, 1.82) is 0 Å². The summed E-state index contributed by atoms with van der Waals surface area (Å²) in [5, 5.41) is 0. The molecule has 9 unspecified atom stereocenters. The third kappa shape index (κ3) is 1.12. The van der Waals surface area contributed by atoms with Crippen LogP contribution in [0.3, 0.4) is 0 Å². The molecule has 108 valence electrons. The Labute approximate surface area is 122 Å². The third-order valence-electron chi connectivity index (χ3n) is 7.54. The molecule has 2 saturated carbocycles. The average molecular weight is 270 g/mol. The Morgan fingerprint density at radius 3 is 3.00 bits per heavy atom. The molecule has 7 rings (SSSR count). The molecule has 5 bridgehead atoms. The zero-order valence-electron chi connectivity index (χ0n) is 12.9. The molecule has 0 N–H and O–H groups in total. The normalized spacial score (nSPS) is 61.4. The van der Waals surface area contributed by atoms with Crippen molar-refractivity contribution in [3.8, 4) is 0 Å². The van der Waals surface area contributed by atoms with Gasteiger partial charge >= 0.3 is 0 Å². The fraction of sp³-hybridized carbons (Fsp3) is 0.833. The summed E-state index contributed by atoms with van der Waals surface area (Å²) in [6, 6.07) is 0.816. The molecule has 0 aromatic carbocycles. The van der Waals surface area contributed by atoms with Crippen LogP contribution in [-0.2, 0) is 0 Å². The van der Waals surface area contributed by atoms with Crippen molar-refractivity contribution in [2.45, 2.75) is 45.8 Å². The monoisotopic (exact) mass is 270 g/mol. The van der Waals surface area contributed by atoms with E-state index in [4.69, 9.17) is 4.99 Å². The number of rotatable bonds is 1. The zero-order valence-corrected chi connectivity index (χ0v) is 12.9. The highest BCUT2D eigenvalue weighted by Gasteiger charge is 2.73. The SMILES string of the molecule is CC(C)C1C2C3C=CC=NC3N3CC14CC(C)C3CC24. The number of hydrogen-bond acceptors (Lipinski definition) is 2. The van der Waals surface area contributed by atoms with Crippen molar-refractivity contribution in [3.05, 3.63) is 12.2 Å². The predicted molar refractivity (Wildman–Crippen MR) is 81.5 cm³/mol. The van der Waals surface area contributed by atoms with E-state index in [0.29, 0.717) is 17.5 Å². The van der Waals surface area contributed by atoms with Crippen LogP contribution in [0.25, 0.3) is 0 Å². The van der Waals surface area contributed by atoms with Gasteiger partial charge in [-0.05, 0) is 53.9 Å². The predicted octanol–water partition coefficient (Wildman–Crippen LogP) is 3.20. The maximum absolute atomic E-state index is 4.93. The van der Waals surface area contributed by atoms with Crippen LogP contribution in [0.4, 0.5) is 0 Å². The van der Waals surface area contributed by atoms with Crippen molar-refractivity contribution < 1.29 is 0 Å². The highest BCUT2D eigenvalue weighted by molar-refractivity contribution is 5.72. The Morgan fingerprint density at radius 1 is 1.35 bits per heavy atom. The summed E-state index contributed by atoms with van der Waals surface area (Å²) < 4.78 is 0. The van der Waals surface area contributed by atoms with Gasteiger partial charge in [0.2, 0.25) is 0 Å². The average Bonchev–Trinajstić information content (AvgIpc) is 2.64. The molecule has 2 heteroatoms. The molecule has 0 amide bonds. The second-order valence-corrected chi connectivity index (χ2v) is 8.52. The lowest BCUT2D eigenvalue weighted by atomic mass is 9.36. The summed E-state index contributed by atoms with van der Waals surface area (Å²) in [4.78, 5) is 7.74. The first-order valence-corrected chi connectivity index (χ1v) is 8.59. The van der Waals surface area contributed by atoms with Crippen molar-refractivity contribution in [2.75, 3.05) is 6.54 Å². The molecular weight excluding hydrogens is 244 g/mol. The van der Waals surface area contributed by atoms with Gasteiger partial charge in [0, 0.05) is 24.7 Å². The molecule has 6 fully saturated rings. The van der Waals surface area contributed by atoms with Gasteiger partial charge in [-0.15, -0.1) is 0 Å². The van der Waals surface area contributed by atoms with E-state index < -0.39 is 0 Å². The van der Waals surface area contributed by atoms with E-state index >= 15 is 0 Å². The van der Waals surface area contributed by atoms with Gasteiger partial charge in [-0.3, -0.25) is 9.89 Å². The largest absolute Gasteiger partial charge is 0.278 e. The van der Waals surface area contributed by atoms with Crippen LogP contribution >= 0.6 is 0 Å². The van der Waals surface area contributed by atoms with Crippen LogP contribution < -0.4 is 0 Å². The van der Waals surface area contributed by atoms with Crippen molar-refractivity contribution >= 4 is 6.21 Å². The Kier molecular flexibility index (Phi) is 2.14. The Hall–Kier alpha value is -0.630. The standard InChI is InChI=1S/C18H26N2/c1-10(2)16-15-12-5-4-6-19-17(12)20-9-18(16)8-11(3)14(20)7-13(15)18/h4-6,10-17H,7-9H2,1-3H3. The maximum Gasteiger partial charge on any atom is 0.109 e. The van der Waals surface area contributed by atoms with Gasteiger partial charge in [0.1, 0.15) is 6.17 Å². The summed E-state index contributed by atoms with van der Waals surface area (Å²) in [5.41, 5.74) is 0.647. The number of dihydropyridines is 1. The number of hydrogen-bond donors (Lipinski definition) is 0. The molecular formula is C18H26N2. The van der Waals surface area contributed by atoms with Crippen LogP contribution in [0.5, 0.6) is 0 Å². The molecule has 4 saturated heterocycles. The molecule has 2 nitrogen and oxygen atoms in total. The molecule has 7 aliphatic rings. The lowest BCUT2D eigenvalue weighted by Gasteiger charge is -2.71. The van der Waals surface area contributed by atoms with Gasteiger partial charge in [-0.25, -0.2) is 0 Å². The number of fused-ring (bicyclic) bond motifs is 1. The highest BCUT2D eigenvalue weighted by Crippen LogP contribution is 2.74. The van der Waals surface area contributed by atoms with Gasteiger partial charge in [-0.2, -0.15) is 0 Å². The zero-order chi connectivity index (χ0) is 13.6. The van der Waals surface area contributed by atoms with Gasteiger partial charge in [0.05, 0.1) is 0 Å². The van der Waals surface area contributed by atoms with Crippen LogP contribution in [0.15, 0.2) is 17.1 Å². The second kappa shape index (κ2) is 3.58. The summed E-state index contributed by atoms with van der Waals surface area (Å²) in [6.45, 7) is 8.78. The number of aliphatic imine (C=N–C) groups is 1. The fourth-order valence-corrected chi connectivity index (χ4v) is 7.31. The topological polar surface area (TPSA) is 15.6 Å². The first kappa shape index (κ1) is 12.0. The minimum atomic E-state index is 0.466. The smallest absolute Gasteiger partial charge is 0.109 e. The lowest BCUT2D eigenvalue weighted by Crippen LogP contribution is -2.71. The second-order valence-electron chi connectivity index (χ2n) is 8.52. The number of nitrogens with zero attached hydrogens (tertiary/aromatic N) is 2. The lowest BCUT2D eigenvalue weighted by molar-refractivity contribution is -0.227. The molecule has 5 heterocycles. The molecule has 5 aliphatic heterocycles. The van der Waals surface area contributed by atoms with E-state index in [2.05, 4.69) is 44.0 Å². The van der Waals surface area contributed by atoms with Crippen LogP contribution in [-0.4, -0.2) is 29.9 Å². The minimum Gasteiger partial charge on any atom is -0.278 e. The number of piperidine rings is 2. The van der Waals surface area contributed by atoms with E-state index in [1.165, 1.54) is 19.4 Å². The fourth-order valence-electron chi connectivity index (χ4n) is 7.31. The van der Waals surface area contributed by atoms with Gasteiger partial charge in [0.15, 0.2) is 0 Å².